The van der Waals surface area contributed by atoms with E-state index in [1.807, 2.05) is 44.3 Å². The molecule has 0 aliphatic rings. The van der Waals surface area contributed by atoms with Crippen LogP contribution in [0.15, 0.2) is 45.3 Å². The van der Waals surface area contributed by atoms with E-state index in [2.05, 4.69) is 43.2 Å². The van der Waals surface area contributed by atoms with Crippen LogP contribution in [0.1, 0.15) is 24.1 Å². The van der Waals surface area contributed by atoms with Gasteiger partial charge in [0.1, 0.15) is 5.75 Å². The second-order valence-corrected chi connectivity index (χ2v) is 6.71. The molecule has 0 radical (unpaired) electrons. The maximum atomic E-state index is 6.15. The predicted octanol–water partition coefficient (Wildman–Crippen LogP) is 5.57. The van der Waals surface area contributed by atoms with E-state index in [-0.39, 0.29) is 6.04 Å². The number of hydrogen-bond acceptors (Lipinski definition) is 2. The topological polar surface area (TPSA) is 21.3 Å². The SMILES string of the molecule is CCOc1ccc(Br)cc1C(NC)c1cc(Cl)ccc1Br. The van der Waals surface area contributed by atoms with E-state index >= 15 is 0 Å². The lowest BCUT2D eigenvalue weighted by Crippen LogP contribution is -2.19. The first kappa shape index (κ1) is 16.8. The summed E-state index contributed by atoms with van der Waals surface area (Å²) in [6.45, 7) is 2.61. The van der Waals surface area contributed by atoms with Gasteiger partial charge in [0.2, 0.25) is 0 Å². The van der Waals surface area contributed by atoms with Crippen LogP contribution in [-0.2, 0) is 0 Å². The third-order valence-electron chi connectivity index (χ3n) is 3.14. The summed E-state index contributed by atoms with van der Waals surface area (Å²) in [5.41, 5.74) is 2.14. The molecule has 5 heteroatoms. The highest BCUT2D eigenvalue weighted by Crippen LogP contribution is 2.36. The number of halogens is 3. The van der Waals surface area contributed by atoms with Crippen LogP contribution in [0.3, 0.4) is 0 Å². The minimum Gasteiger partial charge on any atom is -0.494 e. The normalized spacial score (nSPS) is 12.2. The quantitative estimate of drug-likeness (QED) is 0.665. The molecule has 0 fully saturated rings. The van der Waals surface area contributed by atoms with Gasteiger partial charge in [0.15, 0.2) is 0 Å². The van der Waals surface area contributed by atoms with Crippen LogP contribution in [0.4, 0.5) is 0 Å². The van der Waals surface area contributed by atoms with Crippen molar-refractivity contribution in [2.75, 3.05) is 13.7 Å². The van der Waals surface area contributed by atoms with Gasteiger partial charge in [-0.05, 0) is 55.9 Å². The Morgan fingerprint density at radius 3 is 2.57 bits per heavy atom. The summed E-state index contributed by atoms with van der Waals surface area (Å²) in [5.74, 6) is 0.868. The molecule has 0 heterocycles. The fourth-order valence-electron chi connectivity index (χ4n) is 2.25. The van der Waals surface area contributed by atoms with Gasteiger partial charge < -0.3 is 10.1 Å². The number of benzene rings is 2. The van der Waals surface area contributed by atoms with Crippen LogP contribution in [-0.4, -0.2) is 13.7 Å². The highest BCUT2D eigenvalue weighted by atomic mass is 79.9. The molecule has 0 bridgehead atoms. The van der Waals surface area contributed by atoms with Crippen molar-refractivity contribution in [3.63, 3.8) is 0 Å². The van der Waals surface area contributed by atoms with Gasteiger partial charge >= 0.3 is 0 Å². The molecule has 0 spiro atoms. The zero-order chi connectivity index (χ0) is 15.4. The van der Waals surface area contributed by atoms with Crippen molar-refractivity contribution in [2.24, 2.45) is 0 Å². The number of hydrogen-bond donors (Lipinski definition) is 1. The highest BCUT2D eigenvalue weighted by molar-refractivity contribution is 9.10. The fourth-order valence-corrected chi connectivity index (χ4v) is 3.28. The van der Waals surface area contributed by atoms with Gasteiger partial charge in [-0.3, -0.25) is 0 Å². The molecule has 0 aliphatic heterocycles. The Kier molecular flexibility index (Phi) is 6.11. The van der Waals surface area contributed by atoms with Crippen molar-refractivity contribution in [3.8, 4) is 5.75 Å². The summed E-state index contributed by atoms with van der Waals surface area (Å²) >= 11 is 13.3. The van der Waals surface area contributed by atoms with E-state index in [1.54, 1.807) is 0 Å². The van der Waals surface area contributed by atoms with Crippen molar-refractivity contribution < 1.29 is 4.74 Å². The van der Waals surface area contributed by atoms with Crippen molar-refractivity contribution in [3.05, 3.63) is 61.5 Å². The van der Waals surface area contributed by atoms with Gasteiger partial charge in [-0.15, -0.1) is 0 Å². The zero-order valence-electron chi connectivity index (χ0n) is 11.8. The summed E-state index contributed by atoms with van der Waals surface area (Å²) in [5, 5.41) is 4.05. The van der Waals surface area contributed by atoms with E-state index < -0.39 is 0 Å². The lowest BCUT2D eigenvalue weighted by Gasteiger charge is -2.22. The van der Waals surface area contributed by atoms with Crippen LogP contribution in [0.5, 0.6) is 5.75 Å². The maximum absolute atomic E-state index is 6.15. The molecule has 1 unspecified atom stereocenters. The summed E-state index contributed by atoms with van der Waals surface area (Å²) < 4.78 is 7.78. The Balaban J connectivity index is 2.55. The maximum Gasteiger partial charge on any atom is 0.124 e. The first-order valence-electron chi connectivity index (χ1n) is 6.61. The van der Waals surface area contributed by atoms with E-state index in [0.717, 1.165) is 25.8 Å². The van der Waals surface area contributed by atoms with Gasteiger partial charge in [0.05, 0.1) is 12.6 Å². The number of rotatable bonds is 5. The molecule has 0 aromatic heterocycles. The third kappa shape index (κ3) is 4.01. The average Bonchev–Trinajstić information content (AvgIpc) is 2.46. The van der Waals surface area contributed by atoms with Crippen molar-refractivity contribution in [1.82, 2.24) is 5.32 Å². The first-order valence-corrected chi connectivity index (χ1v) is 8.57. The molecule has 0 amide bonds. The van der Waals surface area contributed by atoms with E-state index in [4.69, 9.17) is 16.3 Å². The van der Waals surface area contributed by atoms with Gasteiger partial charge in [0, 0.05) is 19.5 Å². The first-order chi connectivity index (χ1) is 10.1. The Morgan fingerprint density at radius 1 is 1.14 bits per heavy atom. The Bertz CT molecular complexity index is 634. The largest absolute Gasteiger partial charge is 0.494 e. The Hall–Kier alpha value is -0.550. The molecular weight excluding hydrogens is 417 g/mol. The van der Waals surface area contributed by atoms with Gasteiger partial charge in [-0.2, -0.15) is 0 Å². The minimum atomic E-state index is -0.0166. The molecule has 0 saturated heterocycles. The second-order valence-electron chi connectivity index (χ2n) is 4.50. The highest BCUT2D eigenvalue weighted by Gasteiger charge is 2.20. The van der Waals surface area contributed by atoms with Crippen LogP contribution in [0.25, 0.3) is 0 Å². The molecule has 1 atom stereocenters. The molecule has 2 aromatic rings. The van der Waals surface area contributed by atoms with Crippen molar-refractivity contribution in [2.45, 2.75) is 13.0 Å². The second kappa shape index (κ2) is 7.63. The molecule has 1 N–H and O–H groups in total. The van der Waals surface area contributed by atoms with Crippen LogP contribution in [0, 0.1) is 0 Å². The van der Waals surface area contributed by atoms with Crippen LogP contribution >= 0.6 is 43.5 Å². The summed E-state index contributed by atoms with van der Waals surface area (Å²) in [4.78, 5) is 0. The molecule has 0 aliphatic carbocycles. The average molecular weight is 434 g/mol. The molecule has 2 aromatic carbocycles. The van der Waals surface area contributed by atoms with Gasteiger partial charge in [-0.25, -0.2) is 0 Å². The van der Waals surface area contributed by atoms with Crippen LogP contribution < -0.4 is 10.1 Å². The fraction of sp³-hybridized carbons (Fsp3) is 0.250. The van der Waals surface area contributed by atoms with Crippen molar-refractivity contribution in [1.29, 1.82) is 0 Å². The monoisotopic (exact) mass is 431 g/mol. The third-order valence-corrected chi connectivity index (χ3v) is 4.59. The molecule has 2 nitrogen and oxygen atoms in total. The molecule has 0 saturated carbocycles. The zero-order valence-corrected chi connectivity index (χ0v) is 15.7. The lowest BCUT2D eigenvalue weighted by molar-refractivity contribution is 0.334. The Morgan fingerprint density at radius 2 is 1.90 bits per heavy atom. The number of ether oxygens (including phenoxy) is 1. The lowest BCUT2D eigenvalue weighted by atomic mass is 9.98. The molecular formula is C16H16Br2ClNO. The Labute approximate surface area is 147 Å². The summed E-state index contributed by atoms with van der Waals surface area (Å²) in [7, 11) is 1.93. The van der Waals surface area contributed by atoms with E-state index in [1.165, 1.54) is 0 Å². The molecule has 2 rings (SSSR count). The smallest absolute Gasteiger partial charge is 0.124 e. The van der Waals surface area contributed by atoms with E-state index in [9.17, 15) is 0 Å². The molecule has 21 heavy (non-hydrogen) atoms. The van der Waals surface area contributed by atoms with Crippen molar-refractivity contribution >= 4 is 43.5 Å². The van der Waals surface area contributed by atoms with Gasteiger partial charge in [0.25, 0.3) is 0 Å². The number of nitrogens with one attached hydrogen (secondary N) is 1. The standard InChI is InChI=1S/C16H16Br2ClNO/c1-3-21-15-7-4-10(17)8-13(15)16(20-2)12-9-11(19)5-6-14(12)18/h4-9,16,20H,3H2,1-2H3. The van der Waals surface area contributed by atoms with Crippen LogP contribution in [0.2, 0.25) is 5.02 Å². The predicted molar refractivity (Wildman–Crippen MR) is 95.4 cm³/mol. The van der Waals surface area contributed by atoms with E-state index in [0.29, 0.717) is 11.6 Å². The summed E-state index contributed by atoms with van der Waals surface area (Å²) in [6.07, 6.45) is 0. The molecule has 112 valence electrons. The minimum absolute atomic E-state index is 0.0166. The summed E-state index contributed by atoms with van der Waals surface area (Å²) in [6, 6.07) is 11.8. The van der Waals surface area contributed by atoms with Gasteiger partial charge in [-0.1, -0.05) is 43.5 Å².